The maximum Gasteiger partial charge on any atom is 0.0175 e. The van der Waals surface area contributed by atoms with E-state index in [0.29, 0.717) is 0 Å². The van der Waals surface area contributed by atoms with Crippen LogP contribution in [0.25, 0.3) is 10.8 Å². The van der Waals surface area contributed by atoms with Gasteiger partial charge in [-0.2, -0.15) is 0 Å². The molecule has 0 nitrogen and oxygen atoms in total. The van der Waals surface area contributed by atoms with E-state index < -0.39 is 0 Å². The fourth-order valence-corrected chi connectivity index (χ4v) is 3.52. The standard InChI is InChI=1S/C22H24/c1-5-22(4,21-13-10-16(2)14-17(21)3)20-12-11-18-8-6-7-9-19(18)15-20/h6-15H,5H2,1-4H3/t22-/m0/s1. The highest BCUT2D eigenvalue weighted by molar-refractivity contribution is 5.83. The summed E-state index contributed by atoms with van der Waals surface area (Å²) in [5, 5.41) is 2.63. The van der Waals surface area contributed by atoms with Gasteiger partial charge in [-0.1, -0.05) is 80.1 Å². The van der Waals surface area contributed by atoms with Crippen LogP contribution in [0.3, 0.4) is 0 Å². The topological polar surface area (TPSA) is 0 Å². The summed E-state index contributed by atoms with van der Waals surface area (Å²) in [5.41, 5.74) is 5.62. The van der Waals surface area contributed by atoms with Crippen molar-refractivity contribution in [1.82, 2.24) is 0 Å². The fourth-order valence-electron chi connectivity index (χ4n) is 3.52. The molecule has 0 saturated heterocycles. The van der Waals surface area contributed by atoms with Gasteiger partial charge in [0.25, 0.3) is 0 Å². The normalized spacial score (nSPS) is 14.0. The minimum absolute atomic E-state index is 0.0574. The highest BCUT2D eigenvalue weighted by atomic mass is 14.3. The molecule has 0 saturated carbocycles. The number of benzene rings is 3. The number of hydrogen-bond acceptors (Lipinski definition) is 0. The van der Waals surface area contributed by atoms with Crippen molar-refractivity contribution in [3.63, 3.8) is 0 Å². The van der Waals surface area contributed by atoms with Gasteiger partial charge in [0, 0.05) is 5.41 Å². The van der Waals surface area contributed by atoms with Gasteiger partial charge < -0.3 is 0 Å². The van der Waals surface area contributed by atoms with Gasteiger partial charge in [-0.05, 0) is 47.7 Å². The predicted molar refractivity (Wildman–Crippen MR) is 96.6 cm³/mol. The molecule has 112 valence electrons. The summed E-state index contributed by atoms with van der Waals surface area (Å²) in [6.07, 6.45) is 1.09. The fraction of sp³-hybridized carbons (Fsp3) is 0.273. The van der Waals surface area contributed by atoms with Crippen molar-refractivity contribution in [2.24, 2.45) is 0 Å². The smallest absolute Gasteiger partial charge is 0.0175 e. The third-order valence-corrected chi connectivity index (χ3v) is 5.07. The van der Waals surface area contributed by atoms with E-state index in [1.54, 1.807) is 0 Å². The lowest BCUT2D eigenvalue weighted by Gasteiger charge is -2.32. The van der Waals surface area contributed by atoms with Crippen LogP contribution in [0.1, 0.15) is 42.5 Å². The summed E-state index contributed by atoms with van der Waals surface area (Å²) >= 11 is 0. The largest absolute Gasteiger partial charge is 0.0642 e. The molecular weight excluding hydrogens is 264 g/mol. The summed E-state index contributed by atoms with van der Waals surface area (Å²) < 4.78 is 0. The van der Waals surface area contributed by atoms with E-state index in [9.17, 15) is 0 Å². The van der Waals surface area contributed by atoms with E-state index in [1.165, 1.54) is 33.0 Å². The van der Waals surface area contributed by atoms with Crippen LogP contribution in [0.4, 0.5) is 0 Å². The lowest BCUT2D eigenvalue weighted by Crippen LogP contribution is -2.23. The second kappa shape index (κ2) is 5.61. The maximum atomic E-state index is 2.37. The quantitative estimate of drug-likeness (QED) is 0.540. The van der Waals surface area contributed by atoms with E-state index in [1.807, 2.05) is 0 Å². The third kappa shape index (κ3) is 2.43. The molecule has 0 N–H and O–H groups in total. The Hall–Kier alpha value is -2.08. The van der Waals surface area contributed by atoms with Crippen LogP contribution in [-0.4, -0.2) is 0 Å². The minimum atomic E-state index is 0.0574. The average molecular weight is 288 g/mol. The van der Waals surface area contributed by atoms with E-state index in [0.717, 1.165) is 6.42 Å². The molecule has 0 bridgehead atoms. The van der Waals surface area contributed by atoms with Crippen molar-refractivity contribution in [2.45, 2.75) is 39.5 Å². The second-order valence-electron chi connectivity index (χ2n) is 6.57. The third-order valence-electron chi connectivity index (χ3n) is 5.07. The Morgan fingerprint density at radius 3 is 2.23 bits per heavy atom. The van der Waals surface area contributed by atoms with Gasteiger partial charge in [0.15, 0.2) is 0 Å². The summed E-state index contributed by atoms with van der Waals surface area (Å²) in [7, 11) is 0. The highest BCUT2D eigenvalue weighted by Gasteiger charge is 2.28. The predicted octanol–water partition coefficient (Wildman–Crippen LogP) is 6.17. The molecule has 0 heteroatoms. The molecule has 0 fully saturated rings. The lowest BCUT2D eigenvalue weighted by atomic mass is 9.72. The van der Waals surface area contributed by atoms with E-state index in [2.05, 4.69) is 88.4 Å². The van der Waals surface area contributed by atoms with Crippen LogP contribution in [0.15, 0.2) is 60.7 Å². The number of aryl methyl sites for hydroxylation is 2. The number of fused-ring (bicyclic) bond motifs is 1. The summed E-state index contributed by atoms with van der Waals surface area (Å²) in [6, 6.07) is 22.4. The van der Waals surface area contributed by atoms with Crippen LogP contribution < -0.4 is 0 Å². The molecule has 0 aromatic heterocycles. The van der Waals surface area contributed by atoms with Crippen molar-refractivity contribution in [3.05, 3.63) is 82.9 Å². The molecule has 0 spiro atoms. The van der Waals surface area contributed by atoms with Gasteiger partial charge in [0.05, 0.1) is 0 Å². The molecule has 3 aromatic rings. The van der Waals surface area contributed by atoms with E-state index in [4.69, 9.17) is 0 Å². The Balaban J connectivity index is 2.18. The molecule has 1 atom stereocenters. The molecule has 0 aliphatic carbocycles. The molecule has 0 unspecified atom stereocenters. The van der Waals surface area contributed by atoms with Crippen molar-refractivity contribution < 1.29 is 0 Å². The van der Waals surface area contributed by atoms with Crippen LogP contribution >= 0.6 is 0 Å². The van der Waals surface area contributed by atoms with Crippen molar-refractivity contribution in [2.75, 3.05) is 0 Å². The van der Waals surface area contributed by atoms with Gasteiger partial charge in [-0.25, -0.2) is 0 Å². The molecule has 0 aliphatic heterocycles. The monoisotopic (exact) mass is 288 g/mol. The Bertz CT molecular complexity index is 813. The van der Waals surface area contributed by atoms with Gasteiger partial charge in [-0.3, -0.25) is 0 Å². The Morgan fingerprint density at radius 2 is 1.55 bits per heavy atom. The first-order valence-electron chi connectivity index (χ1n) is 8.11. The molecule has 22 heavy (non-hydrogen) atoms. The zero-order valence-corrected chi connectivity index (χ0v) is 14.0. The first kappa shape index (κ1) is 14.8. The Morgan fingerprint density at radius 1 is 0.818 bits per heavy atom. The zero-order valence-electron chi connectivity index (χ0n) is 14.0. The van der Waals surface area contributed by atoms with E-state index in [-0.39, 0.29) is 5.41 Å². The maximum absolute atomic E-state index is 2.37. The first-order chi connectivity index (χ1) is 10.5. The number of hydrogen-bond donors (Lipinski definition) is 0. The molecule has 3 rings (SSSR count). The highest BCUT2D eigenvalue weighted by Crippen LogP contribution is 2.38. The molecule has 0 amide bonds. The van der Waals surface area contributed by atoms with Crippen LogP contribution in [-0.2, 0) is 5.41 Å². The molecule has 0 heterocycles. The molecule has 0 radical (unpaired) electrons. The van der Waals surface area contributed by atoms with Gasteiger partial charge in [-0.15, -0.1) is 0 Å². The zero-order chi connectivity index (χ0) is 15.7. The van der Waals surface area contributed by atoms with Gasteiger partial charge in [0.2, 0.25) is 0 Å². The SMILES string of the molecule is CC[C@@](C)(c1ccc2ccccc2c1)c1ccc(C)cc1C. The summed E-state index contributed by atoms with van der Waals surface area (Å²) in [6.45, 7) is 9.05. The van der Waals surface area contributed by atoms with Crippen molar-refractivity contribution in [3.8, 4) is 0 Å². The molecule has 3 aromatic carbocycles. The molecule has 0 aliphatic rings. The van der Waals surface area contributed by atoms with Crippen LogP contribution in [0.5, 0.6) is 0 Å². The van der Waals surface area contributed by atoms with Crippen LogP contribution in [0, 0.1) is 13.8 Å². The average Bonchev–Trinajstić information content (AvgIpc) is 2.53. The Labute approximate surface area is 133 Å². The lowest BCUT2D eigenvalue weighted by molar-refractivity contribution is 0.547. The second-order valence-corrected chi connectivity index (χ2v) is 6.57. The van der Waals surface area contributed by atoms with Crippen LogP contribution in [0.2, 0.25) is 0 Å². The van der Waals surface area contributed by atoms with Gasteiger partial charge in [0.1, 0.15) is 0 Å². The Kier molecular flexibility index (Phi) is 3.78. The summed E-state index contributed by atoms with van der Waals surface area (Å²) in [5.74, 6) is 0. The minimum Gasteiger partial charge on any atom is -0.0642 e. The van der Waals surface area contributed by atoms with Gasteiger partial charge >= 0.3 is 0 Å². The number of rotatable bonds is 3. The first-order valence-corrected chi connectivity index (χ1v) is 8.11. The molecular formula is C22H24. The van der Waals surface area contributed by atoms with Crippen molar-refractivity contribution in [1.29, 1.82) is 0 Å². The van der Waals surface area contributed by atoms with E-state index >= 15 is 0 Å². The van der Waals surface area contributed by atoms with Crippen molar-refractivity contribution >= 4 is 10.8 Å². The summed E-state index contributed by atoms with van der Waals surface area (Å²) in [4.78, 5) is 0.